The number of aliphatic hydroxyl groups is 1. The van der Waals surface area contributed by atoms with Gasteiger partial charge in [-0.3, -0.25) is 4.79 Å². The standard InChI is InChI=1S/C14H26N2O4/c1-11(13(18)20-2)10-16(8-9-17)14(19)15-12-6-4-3-5-7-12/h11-12,17H,3-10H2,1-2H3,(H,15,19). The van der Waals surface area contributed by atoms with Crippen LogP contribution in [0.2, 0.25) is 0 Å². The third kappa shape index (κ3) is 5.36. The summed E-state index contributed by atoms with van der Waals surface area (Å²) in [5, 5.41) is 12.1. The Bertz CT molecular complexity index is 316. The lowest BCUT2D eigenvalue weighted by molar-refractivity contribution is -0.145. The van der Waals surface area contributed by atoms with Crippen molar-refractivity contribution in [3.63, 3.8) is 0 Å². The first-order valence-corrected chi connectivity index (χ1v) is 7.32. The molecule has 1 aliphatic carbocycles. The maximum Gasteiger partial charge on any atom is 0.317 e. The van der Waals surface area contributed by atoms with E-state index in [9.17, 15) is 9.59 Å². The van der Waals surface area contributed by atoms with Crippen molar-refractivity contribution in [2.45, 2.75) is 45.1 Å². The number of amides is 2. The van der Waals surface area contributed by atoms with Gasteiger partial charge < -0.3 is 20.1 Å². The Kier molecular flexibility index (Phi) is 7.36. The summed E-state index contributed by atoms with van der Waals surface area (Å²) in [6, 6.07) is 0.00702. The van der Waals surface area contributed by atoms with Crippen LogP contribution in [0.4, 0.5) is 4.79 Å². The number of rotatable bonds is 6. The molecule has 1 rings (SSSR count). The highest BCUT2D eigenvalue weighted by molar-refractivity contribution is 5.76. The van der Waals surface area contributed by atoms with Crippen LogP contribution in [-0.4, -0.2) is 54.9 Å². The zero-order chi connectivity index (χ0) is 15.0. The zero-order valence-corrected chi connectivity index (χ0v) is 12.4. The molecular formula is C14H26N2O4. The van der Waals surface area contributed by atoms with Crippen LogP contribution in [0, 0.1) is 5.92 Å². The molecule has 6 heteroatoms. The minimum Gasteiger partial charge on any atom is -0.469 e. The molecule has 0 heterocycles. The van der Waals surface area contributed by atoms with Gasteiger partial charge >= 0.3 is 12.0 Å². The Morgan fingerprint density at radius 3 is 2.55 bits per heavy atom. The molecule has 1 unspecified atom stereocenters. The highest BCUT2D eigenvalue weighted by Crippen LogP contribution is 2.17. The van der Waals surface area contributed by atoms with Gasteiger partial charge in [0.05, 0.1) is 19.6 Å². The molecule has 0 aliphatic heterocycles. The van der Waals surface area contributed by atoms with E-state index >= 15 is 0 Å². The van der Waals surface area contributed by atoms with Crippen molar-refractivity contribution in [2.75, 3.05) is 26.8 Å². The number of methoxy groups -OCH3 is 1. The number of nitrogens with zero attached hydrogens (tertiary/aromatic N) is 1. The van der Waals surface area contributed by atoms with E-state index in [1.54, 1.807) is 6.92 Å². The number of hydrogen-bond acceptors (Lipinski definition) is 4. The van der Waals surface area contributed by atoms with Gasteiger partial charge in [0.2, 0.25) is 0 Å². The Morgan fingerprint density at radius 2 is 2.00 bits per heavy atom. The third-order valence-electron chi connectivity index (χ3n) is 3.69. The van der Waals surface area contributed by atoms with E-state index in [1.165, 1.54) is 18.4 Å². The highest BCUT2D eigenvalue weighted by atomic mass is 16.5. The largest absolute Gasteiger partial charge is 0.469 e. The number of carbonyl (C=O) groups is 2. The molecule has 0 spiro atoms. The Labute approximate surface area is 120 Å². The van der Waals surface area contributed by atoms with Gasteiger partial charge in [0.25, 0.3) is 0 Å². The molecule has 0 aromatic carbocycles. The molecule has 1 fully saturated rings. The van der Waals surface area contributed by atoms with Gasteiger partial charge in [-0.25, -0.2) is 4.79 Å². The summed E-state index contributed by atoms with van der Waals surface area (Å²) in [6.07, 6.45) is 5.52. The van der Waals surface area contributed by atoms with Crippen molar-refractivity contribution >= 4 is 12.0 Å². The summed E-state index contributed by atoms with van der Waals surface area (Å²) >= 11 is 0. The SMILES string of the molecule is COC(=O)C(C)CN(CCO)C(=O)NC1CCCCC1. The minimum absolute atomic E-state index is 0.119. The second kappa shape index (κ2) is 8.79. The zero-order valence-electron chi connectivity index (χ0n) is 12.4. The predicted molar refractivity (Wildman–Crippen MR) is 75.2 cm³/mol. The molecule has 1 atom stereocenters. The van der Waals surface area contributed by atoms with Gasteiger partial charge in [-0.15, -0.1) is 0 Å². The lowest BCUT2D eigenvalue weighted by Crippen LogP contribution is -2.48. The van der Waals surface area contributed by atoms with Crippen LogP contribution in [0.3, 0.4) is 0 Å². The van der Waals surface area contributed by atoms with Crippen LogP contribution in [0.15, 0.2) is 0 Å². The van der Waals surface area contributed by atoms with Crippen LogP contribution in [-0.2, 0) is 9.53 Å². The maximum atomic E-state index is 12.2. The fourth-order valence-electron chi connectivity index (χ4n) is 2.52. The number of aliphatic hydroxyl groups excluding tert-OH is 1. The number of carbonyl (C=O) groups excluding carboxylic acids is 2. The van der Waals surface area contributed by atoms with Gasteiger partial charge in [0.1, 0.15) is 0 Å². The molecule has 0 aromatic rings. The Morgan fingerprint density at radius 1 is 1.35 bits per heavy atom. The first-order chi connectivity index (χ1) is 9.58. The van der Waals surface area contributed by atoms with E-state index in [0.29, 0.717) is 0 Å². The van der Waals surface area contributed by atoms with Crippen LogP contribution < -0.4 is 5.32 Å². The highest BCUT2D eigenvalue weighted by Gasteiger charge is 2.23. The van der Waals surface area contributed by atoms with Gasteiger partial charge in [0, 0.05) is 19.1 Å². The number of urea groups is 1. The van der Waals surface area contributed by atoms with Gasteiger partial charge in [-0.05, 0) is 12.8 Å². The summed E-state index contributed by atoms with van der Waals surface area (Å²) in [5.74, 6) is -0.748. The lowest BCUT2D eigenvalue weighted by Gasteiger charge is -2.29. The molecular weight excluding hydrogens is 260 g/mol. The monoisotopic (exact) mass is 286 g/mol. The summed E-state index contributed by atoms with van der Waals surface area (Å²) in [6.45, 7) is 2.07. The molecule has 20 heavy (non-hydrogen) atoms. The second-order valence-corrected chi connectivity index (χ2v) is 5.38. The lowest BCUT2D eigenvalue weighted by atomic mass is 9.96. The average molecular weight is 286 g/mol. The molecule has 6 nitrogen and oxygen atoms in total. The number of hydrogen-bond donors (Lipinski definition) is 2. The molecule has 116 valence electrons. The number of nitrogens with one attached hydrogen (secondary N) is 1. The van der Waals surface area contributed by atoms with E-state index in [4.69, 9.17) is 5.11 Å². The van der Waals surface area contributed by atoms with Crippen LogP contribution >= 0.6 is 0 Å². The first kappa shape index (κ1) is 16.8. The number of ether oxygens (including phenoxy) is 1. The van der Waals surface area contributed by atoms with Crippen LogP contribution in [0.25, 0.3) is 0 Å². The topological polar surface area (TPSA) is 78.9 Å². The van der Waals surface area contributed by atoms with Crippen molar-refractivity contribution in [3.8, 4) is 0 Å². The first-order valence-electron chi connectivity index (χ1n) is 7.32. The normalized spacial score (nSPS) is 17.4. The van der Waals surface area contributed by atoms with Gasteiger partial charge in [0.15, 0.2) is 0 Å². The minimum atomic E-state index is -0.399. The molecule has 2 amide bonds. The average Bonchev–Trinajstić information content (AvgIpc) is 2.46. The van der Waals surface area contributed by atoms with E-state index in [-0.39, 0.29) is 37.7 Å². The van der Waals surface area contributed by atoms with E-state index < -0.39 is 5.92 Å². The number of esters is 1. The van der Waals surface area contributed by atoms with Gasteiger partial charge in [-0.1, -0.05) is 26.2 Å². The molecule has 1 aliphatic rings. The summed E-state index contributed by atoms with van der Waals surface area (Å²) in [7, 11) is 1.33. The Hall–Kier alpha value is -1.30. The molecule has 2 N–H and O–H groups in total. The molecule has 0 bridgehead atoms. The predicted octanol–water partition coefficient (Wildman–Crippen LogP) is 1.13. The summed E-state index contributed by atoms with van der Waals surface area (Å²) in [4.78, 5) is 25.1. The Balaban J connectivity index is 2.50. The van der Waals surface area contributed by atoms with E-state index in [2.05, 4.69) is 10.1 Å². The van der Waals surface area contributed by atoms with Crippen molar-refractivity contribution < 1.29 is 19.4 Å². The van der Waals surface area contributed by atoms with Crippen molar-refractivity contribution in [2.24, 2.45) is 5.92 Å². The van der Waals surface area contributed by atoms with Crippen molar-refractivity contribution in [1.82, 2.24) is 10.2 Å². The fourth-order valence-corrected chi connectivity index (χ4v) is 2.52. The molecule has 0 saturated heterocycles. The van der Waals surface area contributed by atoms with E-state index in [1.807, 2.05) is 0 Å². The second-order valence-electron chi connectivity index (χ2n) is 5.38. The third-order valence-corrected chi connectivity index (χ3v) is 3.69. The van der Waals surface area contributed by atoms with Crippen LogP contribution in [0.1, 0.15) is 39.0 Å². The molecule has 0 radical (unpaired) electrons. The fraction of sp³-hybridized carbons (Fsp3) is 0.857. The van der Waals surface area contributed by atoms with Gasteiger partial charge in [-0.2, -0.15) is 0 Å². The smallest absolute Gasteiger partial charge is 0.317 e. The summed E-state index contributed by atoms with van der Waals surface area (Å²) < 4.78 is 4.66. The molecule has 1 saturated carbocycles. The van der Waals surface area contributed by atoms with E-state index in [0.717, 1.165) is 25.7 Å². The van der Waals surface area contributed by atoms with Crippen molar-refractivity contribution in [1.29, 1.82) is 0 Å². The van der Waals surface area contributed by atoms with Crippen LogP contribution in [0.5, 0.6) is 0 Å². The maximum absolute atomic E-state index is 12.2. The van der Waals surface area contributed by atoms with Crippen molar-refractivity contribution in [3.05, 3.63) is 0 Å². The summed E-state index contributed by atoms with van der Waals surface area (Å²) in [5.41, 5.74) is 0. The molecule has 0 aromatic heterocycles. The quantitative estimate of drug-likeness (QED) is 0.718.